The highest BCUT2D eigenvalue weighted by molar-refractivity contribution is 5.28. The Kier molecular flexibility index (Phi) is 1.91. The molecule has 15 heavy (non-hydrogen) atoms. The number of hydrogen-bond donors (Lipinski definition) is 2. The topological polar surface area (TPSA) is 44.0 Å². The molecule has 1 spiro atoms. The number of rotatable bonds is 0. The van der Waals surface area contributed by atoms with Crippen molar-refractivity contribution in [2.75, 3.05) is 20.1 Å². The number of aromatic nitrogens is 2. The Labute approximate surface area is 90.1 Å². The van der Waals surface area contributed by atoms with Crippen LogP contribution >= 0.6 is 0 Å². The molecule has 2 aliphatic rings. The van der Waals surface area contributed by atoms with Gasteiger partial charge >= 0.3 is 0 Å². The van der Waals surface area contributed by atoms with E-state index in [1.54, 1.807) is 0 Å². The number of hydrogen-bond acceptors (Lipinski definition) is 3. The van der Waals surface area contributed by atoms with Gasteiger partial charge in [0, 0.05) is 31.2 Å². The van der Waals surface area contributed by atoms with Crippen molar-refractivity contribution in [2.24, 2.45) is 0 Å². The van der Waals surface area contributed by atoms with Gasteiger partial charge in [0.15, 0.2) is 0 Å². The number of imidazole rings is 1. The van der Waals surface area contributed by atoms with Gasteiger partial charge in [-0.2, -0.15) is 0 Å². The molecule has 0 aliphatic carbocycles. The van der Waals surface area contributed by atoms with Crippen LogP contribution in [0, 0.1) is 0 Å². The highest BCUT2D eigenvalue weighted by Crippen LogP contribution is 2.37. The summed E-state index contributed by atoms with van der Waals surface area (Å²) in [5.74, 6) is 0. The zero-order valence-electron chi connectivity index (χ0n) is 9.38. The molecule has 3 heterocycles. The lowest BCUT2D eigenvalue weighted by Crippen LogP contribution is -2.49. The quantitative estimate of drug-likeness (QED) is 0.649. The van der Waals surface area contributed by atoms with E-state index in [0.29, 0.717) is 6.04 Å². The molecule has 3 rings (SSSR count). The number of nitrogens with one attached hydrogen (secondary N) is 2. The summed E-state index contributed by atoms with van der Waals surface area (Å²) in [6.07, 6.45) is 4.08. The van der Waals surface area contributed by atoms with E-state index >= 15 is 0 Å². The Hall–Kier alpha value is -0.870. The fourth-order valence-corrected chi connectivity index (χ4v) is 3.04. The summed E-state index contributed by atoms with van der Waals surface area (Å²) in [5, 5.41) is 3.67. The third-order valence-electron chi connectivity index (χ3n) is 3.93. The number of H-pyrrole nitrogens is 1. The van der Waals surface area contributed by atoms with Gasteiger partial charge < -0.3 is 15.2 Å². The second kappa shape index (κ2) is 3.06. The lowest BCUT2D eigenvalue weighted by Gasteiger charge is -2.33. The highest BCUT2D eigenvalue weighted by Gasteiger charge is 2.45. The van der Waals surface area contributed by atoms with Gasteiger partial charge in [0.2, 0.25) is 0 Å². The van der Waals surface area contributed by atoms with Gasteiger partial charge in [-0.05, 0) is 20.4 Å². The van der Waals surface area contributed by atoms with Crippen molar-refractivity contribution in [2.45, 2.75) is 31.3 Å². The maximum Gasteiger partial charge on any atom is 0.0926 e. The molecule has 4 nitrogen and oxygen atoms in total. The molecular formula is C11H18N4. The molecular weight excluding hydrogens is 188 g/mol. The molecule has 0 aromatic carbocycles. The second-order valence-electron chi connectivity index (χ2n) is 4.96. The van der Waals surface area contributed by atoms with Gasteiger partial charge in [-0.15, -0.1) is 0 Å². The standard InChI is InChI=1S/C11H18N4/c1-8-5-11(6-15(8)2)10-9(3-4-14-11)12-7-13-10/h7-8,14H,3-6H2,1-2H3,(H,12,13). The molecule has 1 aromatic heterocycles. The molecule has 0 saturated carbocycles. The number of aromatic amines is 1. The van der Waals surface area contributed by atoms with E-state index in [0.717, 1.165) is 19.5 Å². The van der Waals surface area contributed by atoms with Crippen molar-refractivity contribution in [3.63, 3.8) is 0 Å². The highest BCUT2D eigenvalue weighted by atomic mass is 15.2. The van der Waals surface area contributed by atoms with Crippen LogP contribution in [-0.2, 0) is 12.0 Å². The lowest BCUT2D eigenvalue weighted by molar-refractivity contribution is 0.287. The first-order chi connectivity index (χ1) is 7.21. The van der Waals surface area contributed by atoms with Gasteiger partial charge in [0.25, 0.3) is 0 Å². The molecule has 1 fully saturated rings. The van der Waals surface area contributed by atoms with E-state index in [2.05, 4.69) is 34.2 Å². The first kappa shape index (κ1) is 9.36. The first-order valence-electron chi connectivity index (χ1n) is 5.69. The Balaban J connectivity index is 2.02. The summed E-state index contributed by atoms with van der Waals surface area (Å²) in [7, 11) is 2.20. The Morgan fingerprint density at radius 3 is 3.20 bits per heavy atom. The molecule has 2 atom stereocenters. The minimum atomic E-state index is 0.113. The number of likely N-dealkylation sites (tertiary alicyclic amines) is 1. The molecule has 1 aromatic rings. The van der Waals surface area contributed by atoms with Crippen molar-refractivity contribution in [1.82, 2.24) is 20.2 Å². The molecule has 2 N–H and O–H groups in total. The van der Waals surface area contributed by atoms with Gasteiger partial charge in [-0.25, -0.2) is 4.98 Å². The van der Waals surface area contributed by atoms with Crippen LogP contribution in [-0.4, -0.2) is 41.0 Å². The number of nitrogens with zero attached hydrogens (tertiary/aromatic N) is 2. The zero-order valence-corrected chi connectivity index (χ0v) is 9.38. The average molecular weight is 206 g/mol. The van der Waals surface area contributed by atoms with Crippen LogP contribution in [0.15, 0.2) is 6.33 Å². The van der Waals surface area contributed by atoms with Crippen molar-refractivity contribution in [3.8, 4) is 0 Å². The summed E-state index contributed by atoms with van der Waals surface area (Å²) in [6.45, 7) is 4.43. The van der Waals surface area contributed by atoms with E-state index in [-0.39, 0.29) is 5.54 Å². The monoisotopic (exact) mass is 206 g/mol. The predicted octanol–water partition coefficient (Wildman–Crippen LogP) is 0.475. The SMILES string of the molecule is CC1CC2(CN1C)NCCc1[nH]cnc12. The minimum Gasteiger partial charge on any atom is -0.348 e. The van der Waals surface area contributed by atoms with E-state index in [1.807, 2.05) is 6.33 Å². The van der Waals surface area contributed by atoms with E-state index in [9.17, 15) is 0 Å². The Bertz CT molecular complexity index is 360. The third kappa shape index (κ3) is 1.25. The number of likely N-dealkylation sites (N-methyl/N-ethyl adjacent to an activating group) is 1. The van der Waals surface area contributed by atoms with E-state index < -0.39 is 0 Å². The summed E-state index contributed by atoms with van der Waals surface area (Å²) >= 11 is 0. The first-order valence-corrected chi connectivity index (χ1v) is 5.69. The zero-order chi connectivity index (χ0) is 10.5. The van der Waals surface area contributed by atoms with Crippen molar-refractivity contribution < 1.29 is 0 Å². The maximum absolute atomic E-state index is 4.52. The van der Waals surface area contributed by atoms with Crippen LogP contribution in [0.4, 0.5) is 0 Å². The fourth-order valence-electron chi connectivity index (χ4n) is 3.04. The normalized spacial score (nSPS) is 36.0. The second-order valence-corrected chi connectivity index (χ2v) is 4.96. The molecule has 1 saturated heterocycles. The van der Waals surface area contributed by atoms with Crippen LogP contribution in [0.3, 0.4) is 0 Å². The molecule has 0 bridgehead atoms. The third-order valence-corrected chi connectivity index (χ3v) is 3.93. The average Bonchev–Trinajstić information content (AvgIpc) is 2.75. The van der Waals surface area contributed by atoms with Crippen LogP contribution in [0.2, 0.25) is 0 Å². The molecule has 82 valence electrons. The van der Waals surface area contributed by atoms with E-state index in [1.165, 1.54) is 17.8 Å². The Morgan fingerprint density at radius 2 is 2.47 bits per heavy atom. The maximum atomic E-state index is 4.52. The van der Waals surface area contributed by atoms with E-state index in [4.69, 9.17) is 0 Å². The largest absolute Gasteiger partial charge is 0.348 e. The summed E-state index contributed by atoms with van der Waals surface area (Å²) in [5.41, 5.74) is 2.70. The van der Waals surface area contributed by atoms with Gasteiger partial charge in [0.05, 0.1) is 17.6 Å². The van der Waals surface area contributed by atoms with Gasteiger partial charge in [-0.3, -0.25) is 0 Å². The van der Waals surface area contributed by atoms with Crippen LogP contribution in [0.25, 0.3) is 0 Å². The van der Waals surface area contributed by atoms with Crippen LogP contribution in [0.1, 0.15) is 24.7 Å². The smallest absolute Gasteiger partial charge is 0.0926 e. The van der Waals surface area contributed by atoms with Gasteiger partial charge in [0.1, 0.15) is 0 Å². The Morgan fingerprint density at radius 1 is 1.60 bits per heavy atom. The summed E-state index contributed by atoms with van der Waals surface area (Å²) in [4.78, 5) is 10.2. The predicted molar refractivity (Wildman–Crippen MR) is 58.7 cm³/mol. The molecule has 2 aliphatic heterocycles. The molecule has 4 heteroatoms. The molecule has 0 radical (unpaired) electrons. The van der Waals surface area contributed by atoms with Crippen molar-refractivity contribution in [1.29, 1.82) is 0 Å². The molecule has 2 unspecified atom stereocenters. The van der Waals surface area contributed by atoms with Crippen molar-refractivity contribution in [3.05, 3.63) is 17.7 Å². The fraction of sp³-hybridized carbons (Fsp3) is 0.727. The van der Waals surface area contributed by atoms with Gasteiger partial charge in [-0.1, -0.05) is 0 Å². The van der Waals surface area contributed by atoms with Crippen molar-refractivity contribution >= 4 is 0 Å². The summed E-state index contributed by atoms with van der Waals surface area (Å²) < 4.78 is 0. The minimum absolute atomic E-state index is 0.113. The lowest BCUT2D eigenvalue weighted by atomic mass is 9.87. The molecule has 0 amide bonds. The van der Waals surface area contributed by atoms with Crippen LogP contribution < -0.4 is 5.32 Å². The number of fused-ring (bicyclic) bond motifs is 2. The summed E-state index contributed by atoms with van der Waals surface area (Å²) in [6, 6.07) is 0.639. The van der Waals surface area contributed by atoms with Crippen LogP contribution in [0.5, 0.6) is 0 Å².